The molecule has 0 unspecified atom stereocenters. The molecule has 0 aliphatic heterocycles. The number of nitrogens with zero attached hydrogens (tertiary/aromatic N) is 2. The summed E-state index contributed by atoms with van der Waals surface area (Å²) in [6.45, 7) is 2.16. The third-order valence-corrected chi connectivity index (χ3v) is 2.51. The van der Waals surface area contributed by atoms with Crippen molar-refractivity contribution < 1.29 is 18.7 Å². The van der Waals surface area contributed by atoms with E-state index in [1.165, 1.54) is 18.5 Å². The van der Waals surface area contributed by atoms with Crippen LogP contribution >= 0.6 is 0 Å². The molecule has 0 saturated carbocycles. The molecule has 0 bridgehead atoms. The number of hydrogen-bond acceptors (Lipinski definition) is 6. The summed E-state index contributed by atoms with van der Waals surface area (Å²) in [6, 6.07) is 3.61. The van der Waals surface area contributed by atoms with Gasteiger partial charge in [-0.1, -0.05) is 0 Å². The van der Waals surface area contributed by atoms with Gasteiger partial charge in [0.15, 0.2) is 5.69 Å². The second-order valence-corrected chi connectivity index (χ2v) is 3.94. The van der Waals surface area contributed by atoms with Crippen molar-refractivity contribution >= 4 is 11.6 Å². The summed E-state index contributed by atoms with van der Waals surface area (Å²) in [5.74, 6) is -1.33. The molecule has 0 fully saturated rings. The van der Waals surface area contributed by atoms with Crippen LogP contribution in [0.5, 0.6) is 17.5 Å². The molecule has 110 valence electrons. The van der Waals surface area contributed by atoms with Crippen molar-refractivity contribution in [1.82, 2.24) is 9.97 Å². The molecule has 0 saturated heterocycles. The van der Waals surface area contributed by atoms with Crippen LogP contribution in [0.4, 0.5) is 10.1 Å². The van der Waals surface area contributed by atoms with E-state index in [0.717, 1.165) is 6.07 Å². The van der Waals surface area contributed by atoms with Gasteiger partial charge in [0.05, 0.1) is 12.2 Å². The van der Waals surface area contributed by atoms with Gasteiger partial charge in [-0.3, -0.25) is 4.79 Å². The first-order valence-electron chi connectivity index (χ1n) is 6.03. The molecule has 0 aliphatic carbocycles. The molecule has 1 aromatic carbocycles. The van der Waals surface area contributed by atoms with Gasteiger partial charge in [0.2, 0.25) is 11.8 Å². The van der Waals surface area contributed by atoms with E-state index in [-0.39, 0.29) is 28.8 Å². The van der Waals surface area contributed by atoms with Crippen LogP contribution in [0, 0.1) is 5.82 Å². The Labute approximate surface area is 119 Å². The van der Waals surface area contributed by atoms with Gasteiger partial charge in [0.25, 0.3) is 5.91 Å². The second-order valence-electron chi connectivity index (χ2n) is 3.94. The lowest BCUT2D eigenvalue weighted by molar-refractivity contribution is 0.0996. The topological polar surface area (TPSA) is 113 Å². The molecule has 0 aliphatic rings. The fraction of sp³-hybridized carbons (Fsp3) is 0.154. The Hall–Kier alpha value is -2.90. The van der Waals surface area contributed by atoms with Crippen molar-refractivity contribution in [1.29, 1.82) is 0 Å². The number of ether oxygens (including phenoxy) is 2. The zero-order valence-corrected chi connectivity index (χ0v) is 11.2. The Balaban J connectivity index is 2.28. The summed E-state index contributed by atoms with van der Waals surface area (Å²) in [5, 5.41) is 0. The molecule has 0 spiro atoms. The standard InChI is InChI=1S/C13H13FN4O3/c1-2-20-12-10(15)13(18-6-17-12)21-7-3-4-8(11(16)19)9(14)5-7/h3-6H,2,15H2,1H3,(H2,16,19). The molecule has 0 radical (unpaired) electrons. The van der Waals surface area contributed by atoms with Gasteiger partial charge in [-0.25, -0.2) is 4.39 Å². The molecule has 1 heterocycles. The third kappa shape index (κ3) is 3.16. The molecule has 2 aromatic rings. The minimum Gasteiger partial charge on any atom is -0.476 e. The van der Waals surface area contributed by atoms with E-state index in [9.17, 15) is 9.18 Å². The number of benzene rings is 1. The van der Waals surface area contributed by atoms with Crippen molar-refractivity contribution in [3.63, 3.8) is 0 Å². The Bertz CT molecular complexity index is 678. The number of anilines is 1. The number of nitrogens with two attached hydrogens (primary N) is 2. The number of primary amides is 1. The highest BCUT2D eigenvalue weighted by Crippen LogP contribution is 2.31. The maximum atomic E-state index is 13.6. The van der Waals surface area contributed by atoms with E-state index in [1.807, 2.05) is 0 Å². The van der Waals surface area contributed by atoms with E-state index >= 15 is 0 Å². The first kappa shape index (κ1) is 14.5. The summed E-state index contributed by atoms with van der Waals surface area (Å²) in [4.78, 5) is 18.6. The van der Waals surface area contributed by atoms with E-state index in [2.05, 4.69) is 9.97 Å². The molecule has 1 amide bonds. The third-order valence-electron chi connectivity index (χ3n) is 2.51. The van der Waals surface area contributed by atoms with E-state index in [4.69, 9.17) is 20.9 Å². The maximum absolute atomic E-state index is 13.6. The smallest absolute Gasteiger partial charge is 0.251 e. The van der Waals surface area contributed by atoms with Gasteiger partial charge in [0, 0.05) is 6.07 Å². The molecular weight excluding hydrogens is 279 g/mol. The van der Waals surface area contributed by atoms with Crippen molar-refractivity contribution in [2.24, 2.45) is 5.73 Å². The van der Waals surface area contributed by atoms with Crippen LogP contribution in [0.25, 0.3) is 0 Å². The molecule has 4 N–H and O–H groups in total. The van der Waals surface area contributed by atoms with Crippen molar-refractivity contribution in [2.75, 3.05) is 12.3 Å². The zero-order chi connectivity index (χ0) is 15.4. The molecule has 2 rings (SSSR count). The molecule has 1 aromatic heterocycles. The number of nitrogen functional groups attached to an aromatic ring is 1. The largest absolute Gasteiger partial charge is 0.476 e. The zero-order valence-electron chi connectivity index (χ0n) is 11.2. The van der Waals surface area contributed by atoms with Crippen LogP contribution in [0.3, 0.4) is 0 Å². The minimum absolute atomic E-state index is 0.0275. The quantitative estimate of drug-likeness (QED) is 0.863. The fourth-order valence-corrected chi connectivity index (χ4v) is 1.57. The van der Waals surface area contributed by atoms with Crippen molar-refractivity contribution in [3.05, 3.63) is 35.9 Å². The maximum Gasteiger partial charge on any atom is 0.251 e. The van der Waals surface area contributed by atoms with Crippen LogP contribution < -0.4 is 20.9 Å². The Kier molecular flexibility index (Phi) is 4.17. The second kappa shape index (κ2) is 6.04. The summed E-state index contributed by atoms with van der Waals surface area (Å²) in [7, 11) is 0. The lowest BCUT2D eigenvalue weighted by Crippen LogP contribution is -2.12. The number of amides is 1. The van der Waals surface area contributed by atoms with E-state index in [0.29, 0.717) is 6.61 Å². The summed E-state index contributed by atoms with van der Waals surface area (Å²) < 4.78 is 24.2. The van der Waals surface area contributed by atoms with Gasteiger partial charge in [0.1, 0.15) is 17.9 Å². The lowest BCUT2D eigenvalue weighted by atomic mass is 10.2. The van der Waals surface area contributed by atoms with Gasteiger partial charge >= 0.3 is 0 Å². The lowest BCUT2D eigenvalue weighted by Gasteiger charge is -2.10. The van der Waals surface area contributed by atoms with E-state index < -0.39 is 11.7 Å². The summed E-state index contributed by atoms with van der Waals surface area (Å²) in [6.07, 6.45) is 1.21. The summed E-state index contributed by atoms with van der Waals surface area (Å²) >= 11 is 0. The number of hydrogen-bond donors (Lipinski definition) is 2. The highest BCUT2D eigenvalue weighted by atomic mass is 19.1. The average Bonchev–Trinajstić information content (AvgIpc) is 2.43. The fourth-order valence-electron chi connectivity index (χ4n) is 1.57. The SMILES string of the molecule is CCOc1ncnc(Oc2ccc(C(N)=O)c(F)c2)c1N. The van der Waals surface area contributed by atoms with Crippen LogP contribution in [0.2, 0.25) is 0 Å². The van der Waals surface area contributed by atoms with Crippen LogP contribution in [-0.2, 0) is 0 Å². The van der Waals surface area contributed by atoms with Crippen LogP contribution in [0.15, 0.2) is 24.5 Å². The van der Waals surface area contributed by atoms with Crippen molar-refractivity contribution in [3.8, 4) is 17.5 Å². The molecule has 7 nitrogen and oxygen atoms in total. The Morgan fingerprint density at radius 3 is 2.67 bits per heavy atom. The number of carbonyl (C=O) groups is 1. The first-order chi connectivity index (χ1) is 10.0. The van der Waals surface area contributed by atoms with Crippen molar-refractivity contribution in [2.45, 2.75) is 6.92 Å². The first-order valence-corrected chi connectivity index (χ1v) is 6.03. The summed E-state index contributed by atoms with van der Waals surface area (Å²) in [5.41, 5.74) is 10.7. The molecular formula is C13H13FN4O3. The van der Waals surface area contributed by atoms with Crippen LogP contribution in [-0.4, -0.2) is 22.5 Å². The minimum atomic E-state index is -0.862. The van der Waals surface area contributed by atoms with Gasteiger partial charge < -0.3 is 20.9 Å². The normalized spacial score (nSPS) is 10.2. The number of aromatic nitrogens is 2. The Morgan fingerprint density at radius 1 is 1.33 bits per heavy atom. The predicted octanol–water partition coefficient (Wildman–Crippen LogP) is 1.49. The average molecular weight is 292 g/mol. The molecule has 21 heavy (non-hydrogen) atoms. The highest BCUT2D eigenvalue weighted by molar-refractivity contribution is 5.93. The highest BCUT2D eigenvalue weighted by Gasteiger charge is 2.13. The monoisotopic (exact) mass is 292 g/mol. The van der Waals surface area contributed by atoms with Crippen LogP contribution in [0.1, 0.15) is 17.3 Å². The Morgan fingerprint density at radius 2 is 2.05 bits per heavy atom. The predicted molar refractivity (Wildman–Crippen MR) is 72.6 cm³/mol. The van der Waals surface area contributed by atoms with Gasteiger partial charge in [-0.2, -0.15) is 9.97 Å². The molecule has 8 heteroatoms. The number of carbonyl (C=O) groups excluding carboxylic acids is 1. The van der Waals surface area contributed by atoms with Gasteiger partial charge in [-0.05, 0) is 19.1 Å². The number of rotatable bonds is 5. The number of halogens is 1. The van der Waals surface area contributed by atoms with Gasteiger partial charge in [-0.15, -0.1) is 0 Å². The van der Waals surface area contributed by atoms with E-state index in [1.54, 1.807) is 6.92 Å². The molecule has 0 atom stereocenters.